The van der Waals surface area contributed by atoms with Gasteiger partial charge in [-0.25, -0.2) is 4.79 Å². The van der Waals surface area contributed by atoms with Crippen molar-refractivity contribution in [3.05, 3.63) is 70.1 Å². The Hall–Kier alpha value is -4.08. The van der Waals surface area contributed by atoms with Crippen LogP contribution in [0.1, 0.15) is 29.1 Å². The summed E-state index contributed by atoms with van der Waals surface area (Å²) in [5.41, 5.74) is 1.28. The maximum Gasteiger partial charge on any atom is 0.338 e. The first kappa shape index (κ1) is 19.2. The lowest BCUT2D eigenvalue weighted by atomic mass is 10.2. The van der Waals surface area contributed by atoms with Crippen LogP contribution in [0.15, 0.2) is 53.1 Å². The van der Waals surface area contributed by atoms with Gasteiger partial charge in [-0.2, -0.15) is 4.98 Å². The predicted octanol–water partition coefficient (Wildman–Crippen LogP) is 3.35. The van der Waals surface area contributed by atoms with Crippen LogP contribution in [-0.2, 0) is 16.1 Å². The normalized spacial score (nSPS) is 12.9. The van der Waals surface area contributed by atoms with E-state index in [0.29, 0.717) is 11.3 Å². The standard InChI is InChI=1S/C20H16N4O6/c25-19(13-4-5-13)21-15-3-1-2-14(10-15)20(26)29-11-17-22-18(23-30-17)12-6-8-16(9-7-12)24(27)28/h1-3,6-10,13H,4-5,11H2,(H,21,25). The molecule has 0 atom stereocenters. The van der Waals surface area contributed by atoms with Gasteiger partial charge in [0.15, 0.2) is 6.61 Å². The Morgan fingerprint density at radius 1 is 1.20 bits per heavy atom. The molecule has 0 radical (unpaired) electrons. The van der Waals surface area contributed by atoms with Crippen LogP contribution in [0.3, 0.4) is 0 Å². The highest BCUT2D eigenvalue weighted by atomic mass is 16.6. The molecule has 3 aromatic rings. The Morgan fingerprint density at radius 3 is 2.67 bits per heavy atom. The summed E-state index contributed by atoms with van der Waals surface area (Å²) in [5.74, 6) is -0.295. The van der Waals surface area contributed by atoms with E-state index in [9.17, 15) is 19.7 Å². The molecule has 10 heteroatoms. The number of aromatic nitrogens is 2. The molecule has 1 amide bonds. The highest BCUT2D eigenvalue weighted by molar-refractivity contribution is 5.96. The van der Waals surface area contributed by atoms with E-state index in [0.717, 1.165) is 12.8 Å². The number of rotatable bonds is 7. The first-order valence-electron chi connectivity index (χ1n) is 9.15. The van der Waals surface area contributed by atoms with Crippen LogP contribution in [0.25, 0.3) is 11.4 Å². The lowest BCUT2D eigenvalue weighted by Crippen LogP contribution is -2.14. The van der Waals surface area contributed by atoms with Crippen LogP contribution in [0.2, 0.25) is 0 Å². The third kappa shape index (κ3) is 4.49. The van der Waals surface area contributed by atoms with Crippen LogP contribution in [-0.4, -0.2) is 26.9 Å². The van der Waals surface area contributed by atoms with Crippen LogP contribution >= 0.6 is 0 Å². The second-order valence-corrected chi connectivity index (χ2v) is 6.74. The molecule has 1 aliphatic rings. The zero-order valence-electron chi connectivity index (χ0n) is 15.6. The van der Waals surface area contributed by atoms with Crippen molar-refractivity contribution in [3.63, 3.8) is 0 Å². The third-order valence-corrected chi connectivity index (χ3v) is 4.45. The van der Waals surface area contributed by atoms with Crippen molar-refractivity contribution in [3.8, 4) is 11.4 Å². The average molecular weight is 408 g/mol. The number of ether oxygens (including phenoxy) is 1. The molecule has 0 saturated heterocycles. The Balaban J connectivity index is 1.36. The van der Waals surface area contributed by atoms with Gasteiger partial charge in [0, 0.05) is 29.3 Å². The summed E-state index contributed by atoms with van der Waals surface area (Å²) in [5, 5.41) is 17.3. The van der Waals surface area contributed by atoms with Gasteiger partial charge in [0.1, 0.15) is 0 Å². The van der Waals surface area contributed by atoms with Crippen molar-refractivity contribution in [2.24, 2.45) is 5.92 Å². The zero-order valence-corrected chi connectivity index (χ0v) is 15.6. The summed E-state index contributed by atoms with van der Waals surface area (Å²) in [6.45, 7) is -0.239. The molecule has 1 aliphatic carbocycles. The molecule has 2 aromatic carbocycles. The smallest absolute Gasteiger partial charge is 0.338 e. The van der Waals surface area contributed by atoms with Gasteiger partial charge in [0.25, 0.3) is 11.6 Å². The fourth-order valence-corrected chi connectivity index (χ4v) is 2.69. The van der Waals surface area contributed by atoms with Crippen molar-refractivity contribution in [1.29, 1.82) is 0 Å². The molecule has 0 spiro atoms. The molecule has 0 unspecified atom stereocenters. The summed E-state index contributed by atoms with van der Waals surface area (Å²) < 4.78 is 10.3. The lowest BCUT2D eigenvalue weighted by Gasteiger charge is -2.06. The van der Waals surface area contributed by atoms with Crippen molar-refractivity contribution in [2.45, 2.75) is 19.4 Å². The number of carbonyl (C=O) groups excluding carboxylic acids is 2. The van der Waals surface area contributed by atoms with E-state index in [4.69, 9.17) is 9.26 Å². The molecule has 152 valence electrons. The van der Waals surface area contributed by atoms with E-state index < -0.39 is 10.9 Å². The molecule has 0 bridgehead atoms. The maximum atomic E-state index is 12.3. The Labute approximate surface area is 170 Å². The molecular weight excluding hydrogens is 392 g/mol. The number of nitro groups is 1. The van der Waals surface area contributed by atoms with Gasteiger partial charge < -0.3 is 14.6 Å². The number of nitrogens with one attached hydrogen (secondary N) is 1. The number of non-ortho nitro benzene ring substituents is 1. The van der Waals surface area contributed by atoms with Crippen LogP contribution in [0.4, 0.5) is 11.4 Å². The van der Waals surface area contributed by atoms with Gasteiger partial charge in [0.2, 0.25) is 11.7 Å². The number of nitro benzene ring substituents is 1. The second-order valence-electron chi connectivity index (χ2n) is 6.74. The maximum absolute atomic E-state index is 12.3. The van der Waals surface area contributed by atoms with Gasteiger partial charge in [-0.15, -0.1) is 0 Å². The zero-order chi connectivity index (χ0) is 21.1. The van der Waals surface area contributed by atoms with Gasteiger partial charge in [0.05, 0.1) is 10.5 Å². The first-order valence-corrected chi connectivity index (χ1v) is 9.15. The van der Waals surface area contributed by atoms with E-state index in [-0.39, 0.29) is 41.4 Å². The quantitative estimate of drug-likeness (QED) is 0.357. The molecule has 0 aliphatic heterocycles. The van der Waals surface area contributed by atoms with E-state index in [2.05, 4.69) is 15.5 Å². The molecule has 30 heavy (non-hydrogen) atoms. The van der Waals surface area contributed by atoms with E-state index in [1.165, 1.54) is 24.3 Å². The summed E-state index contributed by atoms with van der Waals surface area (Å²) in [7, 11) is 0. The molecule has 4 rings (SSSR count). The predicted molar refractivity (Wildman–Crippen MR) is 103 cm³/mol. The number of nitrogens with zero attached hydrogens (tertiary/aromatic N) is 3. The molecule has 1 saturated carbocycles. The van der Waals surface area contributed by atoms with Crippen LogP contribution in [0, 0.1) is 16.0 Å². The largest absolute Gasteiger partial charge is 0.452 e. The van der Waals surface area contributed by atoms with Gasteiger partial charge >= 0.3 is 5.97 Å². The minimum atomic E-state index is -0.604. The van der Waals surface area contributed by atoms with Crippen molar-refractivity contribution >= 4 is 23.3 Å². The van der Waals surface area contributed by atoms with E-state index >= 15 is 0 Å². The minimum absolute atomic E-state index is 0.0491. The minimum Gasteiger partial charge on any atom is -0.452 e. The summed E-state index contributed by atoms with van der Waals surface area (Å²) in [6.07, 6.45) is 1.78. The Bertz CT molecular complexity index is 1100. The third-order valence-electron chi connectivity index (χ3n) is 4.45. The highest BCUT2D eigenvalue weighted by Gasteiger charge is 2.29. The van der Waals surface area contributed by atoms with E-state index in [1.807, 2.05) is 0 Å². The highest BCUT2D eigenvalue weighted by Crippen LogP contribution is 2.30. The Kier molecular flexibility index (Phi) is 5.21. The topological polar surface area (TPSA) is 137 Å². The first-order chi connectivity index (χ1) is 14.5. The summed E-state index contributed by atoms with van der Waals surface area (Å²) in [4.78, 5) is 38.5. The van der Waals surface area contributed by atoms with Crippen molar-refractivity contribution in [1.82, 2.24) is 10.1 Å². The molecule has 1 fully saturated rings. The number of anilines is 1. The van der Waals surface area contributed by atoms with Crippen LogP contribution < -0.4 is 5.32 Å². The number of carbonyl (C=O) groups is 2. The number of hydrogen-bond acceptors (Lipinski definition) is 8. The van der Waals surface area contributed by atoms with Crippen molar-refractivity contribution < 1.29 is 23.8 Å². The van der Waals surface area contributed by atoms with Crippen LogP contribution in [0.5, 0.6) is 0 Å². The number of benzene rings is 2. The molecule has 1 N–H and O–H groups in total. The SMILES string of the molecule is O=C(OCc1nc(-c2ccc([N+](=O)[O-])cc2)no1)c1cccc(NC(=O)C2CC2)c1. The van der Waals surface area contributed by atoms with Gasteiger partial charge in [-0.05, 0) is 43.2 Å². The number of esters is 1. The molecule has 10 nitrogen and oxygen atoms in total. The van der Waals surface area contributed by atoms with Gasteiger partial charge in [-0.1, -0.05) is 11.2 Å². The monoisotopic (exact) mass is 408 g/mol. The number of hydrogen-bond donors (Lipinski definition) is 1. The average Bonchev–Trinajstić information content (AvgIpc) is 3.50. The lowest BCUT2D eigenvalue weighted by molar-refractivity contribution is -0.384. The fourth-order valence-electron chi connectivity index (χ4n) is 2.69. The molecule has 1 heterocycles. The number of amides is 1. The fraction of sp³-hybridized carbons (Fsp3) is 0.200. The van der Waals surface area contributed by atoms with Crippen molar-refractivity contribution in [2.75, 3.05) is 5.32 Å². The molecular formula is C20H16N4O6. The Morgan fingerprint density at radius 2 is 1.97 bits per heavy atom. The summed E-state index contributed by atoms with van der Waals surface area (Å²) in [6, 6.07) is 12.1. The second kappa shape index (κ2) is 8.11. The van der Waals surface area contributed by atoms with Gasteiger partial charge in [-0.3, -0.25) is 14.9 Å². The van der Waals surface area contributed by atoms with E-state index in [1.54, 1.807) is 24.3 Å². The summed E-state index contributed by atoms with van der Waals surface area (Å²) >= 11 is 0. The molecule has 1 aromatic heterocycles.